The lowest BCUT2D eigenvalue weighted by Gasteiger charge is -2.10. The van der Waals surface area contributed by atoms with Crippen molar-refractivity contribution in [2.24, 2.45) is 4.99 Å². The van der Waals surface area contributed by atoms with Crippen LogP contribution in [0.1, 0.15) is 16.7 Å². The number of rotatable bonds is 5. The highest BCUT2D eigenvalue weighted by Crippen LogP contribution is 2.31. The zero-order chi connectivity index (χ0) is 18.7. The van der Waals surface area contributed by atoms with E-state index in [0.717, 1.165) is 11.1 Å². The molecule has 5 nitrogen and oxygen atoms in total. The number of hydrogen-bond acceptors (Lipinski definition) is 5. The van der Waals surface area contributed by atoms with Gasteiger partial charge in [-0.3, -0.25) is 0 Å². The predicted octanol–water partition coefficient (Wildman–Crippen LogP) is 3.95. The molecule has 134 valence electrons. The number of alkyl halides is 2. The first-order chi connectivity index (χ1) is 12.5. The molecule has 0 atom stereocenters. The molecule has 0 aromatic heterocycles. The van der Waals surface area contributed by atoms with Gasteiger partial charge in [0.15, 0.2) is 17.2 Å². The number of nitrogens with zero attached hydrogens (tertiary/aromatic N) is 1. The summed E-state index contributed by atoms with van der Waals surface area (Å²) in [5, 5.41) is 0. The maximum absolute atomic E-state index is 12.4. The van der Waals surface area contributed by atoms with Crippen molar-refractivity contribution in [3.05, 3.63) is 64.9 Å². The largest absolute Gasteiger partial charge is 0.493 e. The lowest BCUT2D eigenvalue weighted by Crippen LogP contribution is -2.07. The van der Waals surface area contributed by atoms with Crippen LogP contribution in [0.15, 0.2) is 53.2 Å². The Morgan fingerprint density at radius 2 is 1.92 bits per heavy atom. The van der Waals surface area contributed by atoms with Gasteiger partial charge in [-0.1, -0.05) is 24.3 Å². The summed E-state index contributed by atoms with van der Waals surface area (Å²) in [4.78, 5) is 16.3. The van der Waals surface area contributed by atoms with Gasteiger partial charge in [0.25, 0.3) is 0 Å². The SMILES string of the molecule is COc1cc(C2=N/C(=C\c3ccccc3C)C(=O)O2)ccc1OC(F)F. The molecular weight excluding hydrogens is 344 g/mol. The monoisotopic (exact) mass is 359 g/mol. The number of aryl methyl sites for hydroxylation is 1. The minimum Gasteiger partial charge on any atom is -0.493 e. The number of hydrogen-bond donors (Lipinski definition) is 0. The van der Waals surface area contributed by atoms with Crippen LogP contribution in [0.3, 0.4) is 0 Å². The van der Waals surface area contributed by atoms with E-state index in [2.05, 4.69) is 9.73 Å². The predicted molar refractivity (Wildman–Crippen MR) is 91.4 cm³/mol. The van der Waals surface area contributed by atoms with Gasteiger partial charge < -0.3 is 14.2 Å². The Bertz CT molecular complexity index is 906. The lowest BCUT2D eigenvalue weighted by molar-refractivity contribution is -0.129. The Morgan fingerprint density at radius 3 is 2.62 bits per heavy atom. The molecule has 0 spiro atoms. The molecule has 0 unspecified atom stereocenters. The topological polar surface area (TPSA) is 57.1 Å². The van der Waals surface area contributed by atoms with E-state index in [0.29, 0.717) is 5.56 Å². The number of methoxy groups -OCH3 is 1. The van der Waals surface area contributed by atoms with Gasteiger partial charge in [-0.05, 0) is 42.3 Å². The van der Waals surface area contributed by atoms with Crippen molar-refractivity contribution in [1.29, 1.82) is 0 Å². The Balaban J connectivity index is 1.93. The molecule has 0 saturated heterocycles. The number of ether oxygens (including phenoxy) is 3. The van der Waals surface area contributed by atoms with Gasteiger partial charge >= 0.3 is 12.6 Å². The van der Waals surface area contributed by atoms with E-state index in [4.69, 9.17) is 9.47 Å². The van der Waals surface area contributed by atoms with Crippen LogP contribution in [-0.2, 0) is 9.53 Å². The summed E-state index contributed by atoms with van der Waals surface area (Å²) in [6.07, 6.45) is 1.64. The van der Waals surface area contributed by atoms with Gasteiger partial charge in [-0.25, -0.2) is 9.79 Å². The minimum absolute atomic E-state index is 0.0664. The molecule has 2 aromatic rings. The molecule has 2 aromatic carbocycles. The minimum atomic E-state index is -2.97. The molecule has 0 saturated carbocycles. The number of halogens is 2. The molecule has 3 rings (SSSR count). The van der Waals surface area contributed by atoms with Gasteiger partial charge in [0.05, 0.1) is 7.11 Å². The average Bonchev–Trinajstić information content (AvgIpc) is 2.97. The second kappa shape index (κ2) is 7.35. The lowest BCUT2D eigenvalue weighted by atomic mass is 10.1. The molecule has 0 bridgehead atoms. The van der Waals surface area contributed by atoms with Gasteiger partial charge in [0.1, 0.15) is 0 Å². The van der Waals surface area contributed by atoms with Gasteiger partial charge in [-0.15, -0.1) is 0 Å². The van der Waals surface area contributed by atoms with Crippen LogP contribution in [0.4, 0.5) is 8.78 Å². The van der Waals surface area contributed by atoms with Crippen LogP contribution in [-0.4, -0.2) is 25.6 Å². The molecule has 1 heterocycles. The van der Waals surface area contributed by atoms with Crippen LogP contribution in [0.2, 0.25) is 0 Å². The Labute approximate surface area is 148 Å². The molecule has 1 aliphatic heterocycles. The summed E-state index contributed by atoms with van der Waals surface area (Å²) in [6.45, 7) is -1.05. The second-order valence-electron chi connectivity index (χ2n) is 5.44. The van der Waals surface area contributed by atoms with Crippen molar-refractivity contribution < 1.29 is 27.8 Å². The smallest absolute Gasteiger partial charge is 0.387 e. The zero-order valence-electron chi connectivity index (χ0n) is 14.0. The number of esters is 1. The highest BCUT2D eigenvalue weighted by Gasteiger charge is 2.25. The van der Waals surface area contributed by atoms with Crippen molar-refractivity contribution >= 4 is 17.9 Å². The summed E-state index contributed by atoms with van der Waals surface area (Å²) in [6, 6.07) is 11.7. The Kier molecular flexibility index (Phi) is 4.97. The number of carbonyl (C=O) groups is 1. The third-order valence-electron chi connectivity index (χ3n) is 3.73. The van der Waals surface area contributed by atoms with E-state index in [-0.39, 0.29) is 23.1 Å². The summed E-state index contributed by atoms with van der Waals surface area (Å²) in [5.74, 6) is -0.559. The molecule has 0 amide bonds. The fourth-order valence-corrected chi connectivity index (χ4v) is 2.42. The first-order valence-corrected chi connectivity index (χ1v) is 7.69. The molecule has 7 heteroatoms. The summed E-state index contributed by atoms with van der Waals surface area (Å²) < 4.78 is 39.4. The van der Waals surface area contributed by atoms with Crippen molar-refractivity contribution in [1.82, 2.24) is 0 Å². The number of benzene rings is 2. The summed E-state index contributed by atoms with van der Waals surface area (Å²) in [5.41, 5.74) is 2.40. The molecule has 26 heavy (non-hydrogen) atoms. The van der Waals surface area contributed by atoms with Crippen molar-refractivity contribution in [3.63, 3.8) is 0 Å². The van der Waals surface area contributed by atoms with Gasteiger partial charge in [0, 0.05) is 5.56 Å². The molecular formula is C19H15F2NO4. The Hall–Kier alpha value is -3.22. The van der Waals surface area contributed by atoms with E-state index >= 15 is 0 Å². The van der Waals surface area contributed by atoms with Crippen LogP contribution in [0, 0.1) is 6.92 Å². The van der Waals surface area contributed by atoms with Crippen LogP contribution in [0.25, 0.3) is 6.08 Å². The van der Waals surface area contributed by atoms with Crippen molar-refractivity contribution in [3.8, 4) is 11.5 Å². The van der Waals surface area contributed by atoms with Crippen LogP contribution >= 0.6 is 0 Å². The highest BCUT2D eigenvalue weighted by atomic mass is 19.3. The quantitative estimate of drug-likeness (QED) is 0.599. The maximum atomic E-state index is 12.4. The Morgan fingerprint density at radius 1 is 1.15 bits per heavy atom. The van der Waals surface area contributed by atoms with Gasteiger partial charge in [0.2, 0.25) is 5.90 Å². The van der Waals surface area contributed by atoms with E-state index in [1.165, 1.54) is 25.3 Å². The summed E-state index contributed by atoms with van der Waals surface area (Å²) >= 11 is 0. The molecule has 0 aliphatic carbocycles. The fourth-order valence-electron chi connectivity index (χ4n) is 2.42. The fraction of sp³-hybridized carbons (Fsp3) is 0.158. The third kappa shape index (κ3) is 3.72. The maximum Gasteiger partial charge on any atom is 0.387 e. The first-order valence-electron chi connectivity index (χ1n) is 7.69. The molecule has 1 aliphatic rings. The van der Waals surface area contributed by atoms with E-state index in [9.17, 15) is 13.6 Å². The van der Waals surface area contributed by atoms with E-state index in [1.54, 1.807) is 6.08 Å². The number of carbonyl (C=O) groups excluding carboxylic acids is 1. The van der Waals surface area contributed by atoms with Crippen LogP contribution in [0.5, 0.6) is 11.5 Å². The molecule has 0 fully saturated rings. The number of cyclic esters (lactones) is 1. The van der Waals surface area contributed by atoms with E-state index in [1.807, 2.05) is 31.2 Å². The number of aliphatic imine (C=N–C) groups is 1. The highest BCUT2D eigenvalue weighted by molar-refractivity contribution is 6.13. The first kappa shape index (κ1) is 17.6. The van der Waals surface area contributed by atoms with E-state index < -0.39 is 12.6 Å². The van der Waals surface area contributed by atoms with Crippen molar-refractivity contribution in [2.45, 2.75) is 13.5 Å². The molecule has 0 N–H and O–H groups in total. The average molecular weight is 359 g/mol. The zero-order valence-corrected chi connectivity index (χ0v) is 14.0. The van der Waals surface area contributed by atoms with Crippen molar-refractivity contribution in [2.75, 3.05) is 7.11 Å². The standard InChI is InChI=1S/C19H15F2NO4/c1-11-5-3-4-6-12(11)9-14-18(23)26-17(22-14)13-7-8-15(25-19(20)21)16(10-13)24-2/h3-10,19H,1-2H3/b14-9-. The molecule has 0 radical (unpaired) electrons. The van der Waals surface area contributed by atoms with Gasteiger partial charge in [-0.2, -0.15) is 8.78 Å². The summed E-state index contributed by atoms with van der Waals surface area (Å²) in [7, 11) is 1.32. The third-order valence-corrected chi connectivity index (χ3v) is 3.73. The normalized spacial score (nSPS) is 15.2. The second-order valence-corrected chi connectivity index (χ2v) is 5.44. The van der Waals surface area contributed by atoms with Crippen LogP contribution < -0.4 is 9.47 Å².